The first-order chi connectivity index (χ1) is 49.1. The maximum Gasteiger partial charge on any atom is 0.221 e. The van der Waals surface area contributed by atoms with Gasteiger partial charge in [0.25, 0.3) is 0 Å². The van der Waals surface area contributed by atoms with Gasteiger partial charge in [0.1, 0.15) is 0 Å². The van der Waals surface area contributed by atoms with Gasteiger partial charge in [-0.1, -0.05) is 279 Å². The van der Waals surface area contributed by atoms with Gasteiger partial charge < -0.3 is 21.6 Å². The maximum absolute atomic E-state index is 11.9. The minimum Gasteiger partial charge on any atom is -0.411 e. The molecule has 8 nitrogen and oxygen atoms in total. The molecular weight excluding hydrogens is 1480 g/mol. The van der Waals surface area contributed by atoms with E-state index in [1.807, 2.05) is 158 Å². The number of fused-ring (bicyclic) bond motifs is 5. The van der Waals surface area contributed by atoms with Gasteiger partial charge in [0.2, 0.25) is 11.8 Å². The third kappa shape index (κ3) is 18.1. The molecule has 0 bridgehead atoms. The van der Waals surface area contributed by atoms with E-state index in [1.54, 1.807) is 6.92 Å². The van der Waals surface area contributed by atoms with Crippen LogP contribution in [0.2, 0.25) is 50.2 Å². The smallest absolute Gasteiger partial charge is 0.221 e. The summed E-state index contributed by atoms with van der Waals surface area (Å²) in [6.07, 6.45) is 9.88. The Morgan fingerprint density at radius 3 is 1.18 bits per heavy atom. The average molecular weight is 1560 g/mol. The zero-order valence-corrected chi connectivity index (χ0v) is 63.2. The molecule has 2 amide bonds. The second kappa shape index (κ2) is 35.1. The number of nitrogens with one attached hydrogen (secondary N) is 2. The average Bonchev–Trinajstić information content (AvgIpc) is 0.816. The molecule has 5 aliphatic carbocycles. The third-order valence-corrected chi connectivity index (χ3v) is 23.1. The van der Waals surface area contributed by atoms with Crippen molar-refractivity contribution in [3.63, 3.8) is 0 Å². The van der Waals surface area contributed by atoms with Crippen molar-refractivity contribution in [1.29, 1.82) is 0 Å². The number of allylic oxidation sites excluding steroid dienone is 1. The van der Waals surface area contributed by atoms with Crippen molar-refractivity contribution in [3.8, 4) is 0 Å². The molecule has 18 heteroatoms. The van der Waals surface area contributed by atoms with E-state index in [0.29, 0.717) is 62.6 Å². The lowest BCUT2D eigenvalue weighted by molar-refractivity contribution is -0.120. The van der Waals surface area contributed by atoms with Crippen molar-refractivity contribution in [2.24, 2.45) is 10.9 Å². The summed E-state index contributed by atoms with van der Waals surface area (Å²) in [6.45, 7) is 3.09. The van der Waals surface area contributed by atoms with Gasteiger partial charge in [0, 0.05) is 78.3 Å². The molecule has 0 radical (unpaired) electrons. The van der Waals surface area contributed by atoms with Crippen LogP contribution in [0.1, 0.15) is 202 Å². The lowest BCUT2D eigenvalue weighted by atomic mass is 9.77. The zero-order valence-electron chi connectivity index (χ0n) is 55.7. The Kier molecular flexibility index (Phi) is 26.2. The Balaban J connectivity index is 0.000000128. The lowest BCUT2D eigenvalue weighted by Crippen LogP contribution is -2.30. The minimum absolute atomic E-state index is 0.00721. The predicted octanol–water partition coefficient (Wildman–Crippen LogP) is 25.2. The van der Waals surface area contributed by atoms with Gasteiger partial charge in [-0.05, 0) is 179 Å². The Bertz CT molecular complexity index is 4810. The second-order valence-corrected chi connectivity index (χ2v) is 29.8. The van der Waals surface area contributed by atoms with Gasteiger partial charge in [-0.15, -0.1) is 0 Å². The number of Topliss-reactive ketones (excluding diaryl/α,β-unsaturated/α-hetero) is 1. The molecule has 102 heavy (non-hydrogen) atoms. The number of rotatable bonds is 7. The van der Waals surface area contributed by atoms with E-state index in [4.69, 9.17) is 127 Å². The largest absolute Gasteiger partial charge is 0.411 e. The van der Waals surface area contributed by atoms with Crippen molar-refractivity contribution in [2.45, 2.75) is 113 Å². The minimum atomic E-state index is -0.0611. The topological polar surface area (TPSA) is 134 Å². The van der Waals surface area contributed by atoms with Crippen LogP contribution in [0.15, 0.2) is 224 Å². The molecule has 5 aliphatic rings. The third-order valence-electron chi connectivity index (χ3n) is 19.4. The number of hydrogen-bond acceptors (Lipinski definition) is 6. The van der Waals surface area contributed by atoms with Crippen LogP contribution in [0, 0.1) is 0 Å². The molecular formula is C84H72Cl10N4O4. The number of ketones is 1. The molecule has 0 aromatic heterocycles. The first-order valence-corrected chi connectivity index (χ1v) is 37.4. The molecule has 5 unspecified atom stereocenters. The van der Waals surface area contributed by atoms with E-state index >= 15 is 0 Å². The van der Waals surface area contributed by atoms with Crippen LogP contribution in [0.3, 0.4) is 0 Å². The van der Waals surface area contributed by atoms with E-state index in [-0.39, 0.29) is 53.4 Å². The summed E-state index contributed by atoms with van der Waals surface area (Å²) in [6, 6.07) is 69.9. The number of oxime groups is 1. The van der Waals surface area contributed by atoms with Crippen LogP contribution >= 0.6 is 116 Å². The summed E-state index contributed by atoms with van der Waals surface area (Å²) in [7, 11) is 0. The van der Waals surface area contributed by atoms with Gasteiger partial charge in [0.05, 0.1) is 62.0 Å². The van der Waals surface area contributed by atoms with Gasteiger partial charge in [-0.3, -0.25) is 14.4 Å². The van der Waals surface area contributed by atoms with Crippen LogP contribution in [0.25, 0.3) is 5.70 Å². The number of nitrogens with two attached hydrogens (primary N) is 1. The summed E-state index contributed by atoms with van der Waals surface area (Å²) in [5, 5.41) is 24.3. The molecule has 0 fully saturated rings. The monoisotopic (exact) mass is 1550 g/mol. The molecule has 0 aliphatic heterocycles. The van der Waals surface area contributed by atoms with Crippen molar-refractivity contribution in [3.05, 3.63) is 352 Å². The number of amides is 2. The number of benzene rings is 10. The standard InChI is InChI=1S/C18H17Cl2NO.C18H15Cl2NO.C16H13Cl2NO.C16H15Cl2N.C16H12Cl2O/c2*1-11(22)21-18-9-7-13(14-4-2-3-5-15(14)18)12-6-8-16(19)17(20)10-12;17-14-7-5-10(9-15(14)18)11-6-8-16(19-20)13-4-2-1-3-12(11)13;2*17-14-7-5-10(9-15(14)18)11-6-8-16(19)13-4-2-1-3-12(11)13/h2-6,8,10,13,18H,7,9H2,1H3,(H,21,22);2-6,8-10,13H,7H2,1H3,(H,21,22);1-5,7,9,11,20H,6,8H2;1-5,7,9,11,16H,6,8,19H2;1-5,7,9,11H,6,8H2/t13?,18-;;;11?,16-;/m1..1./s1. The fourth-order valence-corrected chi connectivity index (χ4v) is 16.1. The van der Waals surface area contributed by atoms with E-state index in [0.717, 1.165) is 102 Å². The fourth-order valence-electron chi connectivity index (χ4n) is 14.5. The first-order valence-electron chi connectivity index (χ1n) is 33.6. The lowest BCUT2D eigenvalue weighted by Gasteiger charge is -2.32. The SMILES string of the molecule is CC(=O)NC1=CCC(c2ccc(Cl)c(Cl)c2)c2ccccc21.CC(=O)N[C@@H]1CCC(c2ccc(Cl)c(Cl)c2)c2ccccc21.N[C@@H]1CCC(c2ccc(Cl)c(Cl)c2)c2ccccc21.O=C1CCC(c2ccc(Cl)c(Cl)c2)c2ccccc21.ON=C1CCC(c2ccc(Cl)c(Cl)c2)c2ccccc21. The van der Waals surface area contributed by atoms with E-state index in [9.17, 15) is 14.4 Å². The van der Waals surface area contributed by atoms with Crippen LogP contribution in [0.4, 0.5) is 0 Å². The number of carbonyl (C=O) groups excluding carboxylic acids is 3. The Labute approximate surface area is 646 Å². The van der Waals surface area contributed by atoms with Crippen molar-refractivity contribution >= 4 is 145 Å². The van der Waals surface area contributed by atoms with E-state index in [2.05, 4.69) is 76.5 Å². The van der Waals surface area contributed by atoms with Gasteiger partial charge in [-0.25, -0.2) is 0 Å². The highest BCUT2D eigenvalue weighted by molar-refractivity contribution is 6.44. The predicted molar refractivity (Wildman–Crippen MR) is 423 cm³/mol. The van der Waals surface area contributed by atoms with E-state index < -0.39 is 0 Å². The summed E-state index contributed by atoms with van der Waals surface area (Å²) < 4.78 is 0. The van der Waals surface area contributed by atoms with Gasteiger partial charge >= 0.3 is 0 Å². The quantitative estimate of drug-likeness (QED) is 0.0932. The molecule has 0 spiro atoms. The molecule has 10 aromatic rings. The number of hydrogen-bond donors (Lipinski definition) is 4. The van der Waals surface area contributed by atoms with Crippen LogP contribution in [-0.4, -0.2) is 28.5 Å². The number of carbonyl (C=O) groups is 3. The fraction of sp³-hybridized carbons (Fsp3) is 0.214. The molecule has 0 saturated heterocycles. The normalized spacial score (nSPS) is 19.4. The Morgan fingerprint density at radius 2 is 0.735 bits per heavy atom. The highest BCUT2D eigenvalue weighted by Crippen LogP contribution is 2.46. The summed E-state index contributed by atoms with van der Waals surface area (Å²) in [5.41, 5.74) is 25.0. The summed E-state index contributed by atoms with van der Waals surface area (Å²) >= 11 is 60.6. The molecule has 15 rings (SSSR count). The summed E-state index contributed by atoms with van der Waals surface area (Å²) in [4.78, 5) is 34.7. The molecule has 0 saturated carbocycles. The first kappa shape index (κ1) is 76.0. The van der Waals surface area contributed by atoms with Crippen LogP contribution in [0.5, 0.6) is 0 Å². The molecule has 10 aromatic carbocycles. The highest BCUT2D eigenvalue weighted by atomic mass is 35.5. The zero-order chi connectivity index (χ0) is 72.3. The van der Waals surface area contributed by atoms with Gasteiger partial charge in [0.15, 0.2) is 5.78 Å². The number of halogens is 10. The maximum atomic E-state index is 11.9. The van der Waals surface area contributed by atoms with Crippen molar-refractivity contribution in [1.82, 2.24) is 10.6 Å². The van der Waals surface area contributed by atoms with Gasteiger partial charge in [-0.2, -0.15) is 0 Å². The van der Waals surface area contributed by atoms with E-state index in [1.165, 1.54) is 51.4 Å². The molecule has 5 N–H and O–H groups in total. The molecule has 0 heterocycles. The molecule has 522 valence electrons. The van der Waals surface area contributed by atoms with Crippen molar-refractivity contribution < 1.29 is 19.6 Å². The Hall–Kier alpha value is -7.12. The molecule has 7 atom stereocenters. The highest BCUT2D eigenvalue weighted by Gasteiger charge is 2.32. The Morgan fingerprint density at radius 1 is 0.382 bits per heavy atom. The number of nitrogens with zero attached hydrogens (tertiary/aromatic N) is 1. The van der Waals surface area contributed by atoms with Crippen molar-refractivity contribution in [2.75, 3.05) is 0 Å². The van der Waals surface area contributed by atoms with Crippen LogP contribution < -0.4 is 16.4 Å². The van der Waals surface area contributed by atoms with Crippen LogP contribution in [-0.2, 0) is 9.59 Å². The second-order valence-electron chi connectivity index (χ2n) is 25.7. The summed E-state index contributed by atoms with van der Waals surface area (Å²) in [5.74, 6) is 1.52.